The van der Waals surface area contributed by atoms with Gasteiger partial charge in [-0.2, -0.15) is 0 Å². The number of allylic oxidation sites excluding steroid dienone is 1. The second-order valence-corrected chi connectivity index (χ2v) is 10.1. The van der Waals surface area contributed by atoms with Gasteiger partial charge in [0.25, 0.3) is 0 Å². The molecule has 0 heterocycles. The molecule has 4 nitrogen and oxygen atoms in total. The van der Waals surface area contributed by atoms with E-state index in [0.29, 0.717) is 17.4 Å². The molecule has 1 saturated carbocycles. The van der Waals surface area contributed by atoms with Crippen LogP contribution < -0.4 is 4.74 Å². The predicted molar refractivity (Wildman–Crippen MR) is 131 cm³/mol. The molecular formula is C28H37NO3. The summed E-state index contributed by atoms with van der Waals surface area (Å²) in [5.41, 5.74) is 3.91. The first-order chi connectivity index (χ1) is 15.1. The van der Waals surface area contributed by atoms with Crippen LogP contribution in [0.15, 0.2) is 54.1 Å². The van der Waals surface area contributed by atoms with Crippen LogP contribution in [-0.2, 0) is 4.74 Å². The highest BCUT2D eigenvalue weighted by molar-refractivity contribution is 5.90. The molecule has 0 saturated heterocycles. The van der Waals surface area contributed by atoms with Crippen molar-refractivity contribution in [2.45, 2.75) is 51.6 Å². The normalized spacial score (nSPS) is 20.4. The number of methoxy groups -OCH3 is 1. The topological polar surface area (TPSA) is 38.8 Å². The van der Waals surface area contributed by atoms with Gasteiger partial charge in [-0.1, -0.05) is 35.9 Å². The largest absolute Gasteiger partial charge is 0.497 e. The summed E-state index contributed by atoms with van der Waals surface area (Å²) >= 11 is 0. The molecule has 1 aliphatic carbocycles. The molecule has 1 fully saturated rings. The minimum atomic E-state index is -0.500. The predicted octanol–water partition coefficient (Wildman–Crippen LogP) is 6.18. The Balaban J connectivity index is 1.84. The smallest absolute Gasteiger partial charge is 0.338 e. The van der Waals surface area contributed by atoms with E-state index >= 15 is 0 Å². The van der Waals surface area contributed by atoms with Gasteiger partial charge in [0.15, 0.2) is 0 Å². The van der Waals surface area contributed by atoms with Crippen molar-refractivity contribution in [1.29, 1.82) is 0 Å². The van der Waals surface area contributed by atoms with Gasteiger partial charge >= 0.3 is 5.97 Å². The summed E-state index contributed by atoms with van der Waals surface area (Å²) in [6, 6.07) is 16.3. The Labute approximate surface area is 193 Å². The summed E-state index contributed by atoms with van der Waals surface area (Å²) in [7, 11) is 6.02. The zero-order valence-corrected chi connectivity index (χ0v) is 20.4. The third-order valence-electron chi connectivity index (χ3n) is 5.90. The van der Waals surface area contributed by atoms with Crippen LogP contribution in [0, 0.1) is 5.92 Å². The fourth-order valence-electron chi connectivity index (χ4n) is 4.53. The van der Waals surface area contributed by atoms with Gasteiger partial charge in [0.1, 0.15) is 11.4 Å². The summed E-state index contributed by atoms with van der Waals surface area (Å²) in [6.07, 6.45) is 5.50. The lowest BCUT2D eigenvalue weighted by molar-refractivity contribution is 0.00695. The van der Waals surface area contributed by atoms with Crippen molar-refractivity contribution >= 4 is 12.0 Å². The van der Waals surface area contributed by atoms with E-state index < -0.39 is 5.60 Å². The van der Waals surface area contributed by atoms with Gasteiger partial charge in [-0.3, -0.25) is 0 Å². The molecule has 3 rings (SSSR count). The second kappa shape index (κ2) is 10.4. The van der Waals surface area contributed by atoms with E-state index in [2.05, 4.69) is 49.3 Å². The van der Waals surface area contributed by atoms with E-state index in [-0.39, 0.29) is 5.97 Å². The Morgan fingerprint density at radius 1 is 1.12 bits per heavy atom. The van der Waals surface area contributed by atoms with Crippen LogP contribution in [0.2, 0.25) is 0 Å². The lowest BCUT2D eigenvalue weighted by Gasteiger charge is -2.35. The van der Waals surface area contributed by atoms with Crippen LogP contribution in [-0.4, -0.2) is 44.2 Å². The number of carbonyl (C=O) groups is 1. The van der Waals surface area contributed by atoms with Crippen LogP contribution in [0.1, 0.15) is 67.4 Å². The zero-order valence-electron chi connectivity index (χ0n) is 20.4. The zero-order chi connectivity index (χ0) is 23.3. The Morgan fingerprint density at radius 3 is 2.56 bits per heavy atom. The van der Waals surface area contributed by atoms with Crippen LogP contribution in [0.5, 0.6) is 5.75 Å². The molecule has 0 N–H and O–H groups in total. The van der Waals surface area contributed by atoms with Gasteiger partial charge in [-0.25, -0.2) is 4.79 Å². The fraction of sp³-hybridized carbons (Fsp3) is 0.464. The molecule has 0 aliphatic heterocycles. The van der Waals surface area contributed by atoms with Gasteiger partial charge in [-0.15, -0.1) is 0 Å². The molecule has 2 atom stereocenters. The monoisotopic (exact) mass is 435 g/mol. The average molecular weight is 436 g/mol. The van der Waals surface area contributed by atoms with E-state index in [1.165, 1.54) is 11.1 Å². The maximum atomic E-state index is 12.5. The van der Waals surface area contributed by atoms with E-state index in [1.54, 1.807) is 7.11 Å². The summed E-state index contributed by atoms with van der Waals surface area (Å²) in [5.74, 6) is 1.68. The highest BCUT2D eigenvalue weighted by Gasteiger charge is 2.29. The van der Waals surface area contributed by atoms with E-state index in [0.717, 1.165) is 37.1 Å². The Hall–Kier alpha value is -2.59. The van der Waals surface area contributed by atoms with E-state index in [1.807, 2.05) is 45.0 Å². The second-order valence-electron chi connectivity index (χ2n) is 10.1. The number of hydrogen-bond acceptors (Lipinski definition) is 4. The molecule has 0 radical (unpaired) electrons. The fourth-order valence-corrected chi connectivity index (χ4v) is 4.53. The Morgan fingerprint density at radius 2 is 1.88 bits per heavy atom. The lowest BCUT2D eigenvalue weighted by atomic mass is 9.73. The highest BCUT2D eigenvalue weighted by atomic mass is 16.6. The Kier molecular flexibility index (Phi) is 7.78. The van der Waals surface area contributed by atoms with E-state index in [9.17, 15) is 4.79 Å². The van der Waals surface area contributed by atoms with Crippen molar-refractivity contribution in [3.8, 4) is 5.75 Å². The minimum Gasteiger partial charge on any atom is -0.497 e. The molecule has 32 heavy (non-hydrogen) atoms. The van der Waals surface area contributed by atoms with Gasteiger partial charge in [0.05, 0.1) is 12.7 Å². The van der Waals surface area contributed by atoms with Crippen molar-refractivity contribution < 1.29 is 14.3 Å². The van der Waals surface area contributed by atoms with Crippen LogP contribution in [0.3, 0.4) is 0 Å². The molecule has 172 valence electrons. The quantitative estimate of drug-likeness (QED) is 0.508. The van der Waals surface area contributed by atoms with Crippen LogP contribution in [0.25, 0.3) is 6.08 Å². The van der Waals surface area contributed by atoms with Gasteiger partial charge < -0.3 is 14.4 Å². The molecule has 2 aromatic rings. The number of nitrogens with zero attached hydrogens (tertiary/aromatic N) is 1. The molecule has 0 amide bonds. The van der Waals surface area contributed by atoms with Crippen molar-refractivity contribution in [3.63, 3.8) is 0 Å². The maximum Gasteiger partial charge on any atom is 0.338 e. The summed E-state index contributed by atoms with van der Waals surface area (Å²) in [4.78, 5) is 14.8. The number of benzene rings is 2. The first-order valence-corrected chi connectivity index (χ1v) is 11.5. The summed E-state index contributed by atoms with van der Waals surface area (Å²) in [5, 5.41) is 0. The third kappa shape index (κ3) is 6.70. The SMILES string of the molecule is COc1cccc(C2C/C(=C/c3cccc(C(=O)OC(C)(C)C)c3)CCC2CN(C)C)c1. The first-order valence-electron chi connectivity index (χ1n) is 11.5. The first kappa shape index (κ1) is 24.1. The summed E-state index contributed by atoms with van der Waals surface area (Å²) in [6.45, 7) is 6.74. The molecule has 2 unspecified atom stereocenters. The highest BCUT2D eigenvalue weighted by Crippen LogP contribution is 2.42. The molecule has 0 aromatic heterocycles. The average Bonchev–Trinajstić information content (AvgIpc) is 2.73. The molecule has 0 spiro atoms. The van der Waals surface area contributed by atoms with Crippen LogP contribution in [0.4, 0.5) is 0 Å². The number of carbonyl (C=O) groups excluding carboxylic acids is 1. The minimum absolute atomic E-state index is 0.276. The molecular weight excluding hydrogens is 398 g/mol. The maximum absolute atomic E-state index is 12.5. The van der Waals surface area contributed by atoms with Gasteiger partial charge in [0.2, 0.25) is 0 Å². The number of rotatable bonds is 6. The molecule has 0 bridgehead atoms. The van der Waals surface area contributed by atoms with Crippen molar-refractivity contribution in [2.24, 2.45) is 5.92 Å². The van der Waals surface area contributed by atoms with Crippen molar-refractivity contribution in [2.75, 3.05) is 27.7 Å². The molecule has 1 aliphatic rings. The molecule has 2 aromatic carbocycles. The van der Waals surface area contributed by atoms with Crippen molar-refractivity contribution in [1.82, 2.24) is 4.90 Å². The van der Waals surface area contributed by atoms with Crippen molar-refractivity contribution in [3.05, 3.63) is 70.8 Å². The lowest BCUT2D eigenvalue weighted by Crippen LogP contribution is -2.29. The standard InChI is InChI=1S/C28H37NO3/c1-28(2,3)32-27(30)23-11-7-9-20(16-23)15-21-13-14-24(19-29(4)5)26(17-21)22-10-8-12-25(18-22)31-6/h7-12,15-16,18,24,26H,13-14,17,19H2,1-6H3/b21-15+. The number of esters is 1. The summed E-state index contributed by atoms with van der Waals surface area (Å²) < 4.78 is 11.0. The van der Waals surface area contributed by atoms with Gasteiger partial charge in [-0.05, 0) is 101 Å². The Bertz CT molecular complexity index is 955. The van der Waals surface area contributed by atoms with Gasteiger partial charge in [0, 0.05) is 6.54 Å². The third-order valence-corrected chi connectivity index (χ3v) is 5.90. The number of hydrogen-bond donors (Lipinski definition) is 0. The van der Waals surface area contributed by atoms with Crippen LogP contribution >= 0.6 is 0 Å². The number of ether oxygens (including phenoxy) is 2. The molecule has 4 heteroatoms. The van der Waals surface area contributed by atoms with E-state index in [4.69, 9.17) is 9.47 Å².